The average Bonchev–Trinajstić information content (AvgIpc) is 0.841. The maximum atomic E-state index is 15.0. The maximum Gasteiger partial charge on any atom is 0.305 e. The average molecular weight is 1680 g/mol. The van der Waals surface area contributed by atoms with Gasteiger partial charge in [0.15, 0.2) is 23.8 Å². The van der Waals surface area contributed by atoms with Crippen molar-refractivity contribution in [3.63, 3.8) is 0 Å². The van der Waals surface area contributed by atoms with Crippen LogP contribution in [-0.4, -0.2) is 234 Å². The second-order valence-corrected chi connectivity index (χ2v) is 30.4. The predicted molar refractivity (Wildman–Crippen MR) is 440 cm³/mol. The van der Waals surface area contributed by atoms with Gasteiger partial charge < -0.3 is 124 Å². The molecular formula is C75H122N26O16S. The van der Waals surface area contributed by atoms with Crippen LogP contribution in [0.1, 0.15) is 137 Å². The lowest BCUT2D eigenvalue weighted by Crippen LogP contribution is -2.62. The van der Waals surface area contributed by atoms with Crippen molar-refractivity contribution in [3.8, 4) is 0 Å². The van der Waals surface area contributed by atoms with E-state index in [1.54, 1.807) is 102 Å². The van der Waals surface area contributed by atoms with Crippen LogP contribution in [0.3, 0.4) is 0 Å². The maximum absolute atomic E-state index is 15.0. The summed E-state index contributed by atoms with van der Waals surface area (Å²) in [4.78, 5) is 216. The number of thioether (sulfide) groups is 1. The van der Waals surface area contributed by atoms with Gasteiger partial charge in [-0.1, -0.05) is 129 Å². The van der Waals surface area contributed by atoms with E-state index in [1.165, 1.54) is 13.8 Å². The van der Waals surface area contributed by atoms with Crippen molar-refractivity contribution in [2.24, 2.45) is 52.3 Å². The first-order chi connectivity index (χ1) is 55.7. The molecule has 1 fully saturated rings. The lowest BCUT2D eigenvalue weighted by molar-refractivity contribution is -0.142. The number of carboxylic acid groups (broad SMARTS) is 1. The van der Waals surface area contributed by atoms with E-state index < -0.39 is 233 Å². The third-order valence-corrected chi connectivity index (χ3v) is 20.0. The fraction of sp³-hybridized carbons (Fsp3) is 0.587. The summed E-state index contributed by atoms with van der Waals surface area (Å²) in [5.41, 5.74) is 28.7. The van der Waals surface area contributed by atoms with Crippen LogP contribution >= 0.6 is 11.8 Å². The Hall–Kier alpha value is -12.1. The number of guanidine groups is 4. The summed E-state index contributed by atoms with van der Waals surface area (Å²) in [6, 6.07) is -2.27. The fourth-order valence-electron chi connectivity index (χ4n) is 12.0. The molecule has 1 aliphatic heterocycles. The fourth-order valence-corrected chi connectivity index (χ4v) is 12.9. The number of hydrogen-bond donors (Lipinski definition) is 27. The number of hydrogen-bond acceptors (Lipinski definition) is 20. The number of carbonyl (C=O) groups is 15. The van der Waals surface area contributed by atoms with Crippen LogP contribution in [0.4, 0.5) is 0 Å². The minimum Gasteiger partial charge on any atom is -0.481 e. The smallest absolute Gasteiger partial charge is 0.305 e. The van der Waals surface area contributed by atoms with Gasteiger partial charge in [-0.2, -0.15) is 0 Å². The second kappa shape index (κ2) is 52.5. The van der Waals surface area contributed by atoms with E-state index in [-0.39, 0.29) is 103 Å². The van der Waals surface area contributed by atoms with Gasteiger partial charge in [0.25, 0.3) is 0 Å². The van der Waals surface area contributed by atoms with Crippen molar-refractivity contribution < 1.29 is 77.0 Å². The second-order valence-electron chi connectivity index (χ2n) is 29.4. The van der Waals surface area contributed by atoms with Gasteiger partial charge in [-0.05, 0) is 86.2 Å². The number of benzene rings is 2. The van der Waals surface area contributed by atoms with Crippen molar-refractivity contribution >= 4 is 124 Å². The lowest BCUT2D eigenvalue weighted by atomic mass is 9.94. The van der Waals surface area contributed by atoms with E-state index in [9.17, 15) is 77.0 Å². The van der Waals surface area contributed by atoms with E-state index in [2.05, 4.69) is 90.4 Å². The number of amides is 14. The molecule has 32 N–H and O–H groups in total. The van der Waals surface area contributed by atoms with Gasteiger partial charge >= 0.3 is 5.97 Å². The largest absolute Gasteiger partial charge is 0.481 e. The van der Waals surface area contributed by atoms with Crippen LogP contribution in [0.15, 0.2) is 60.7 Å². The third-order valence-electron chi connectivity index (χ3n) is 19.0. The van der Waals surface area contributed by atoms with Gasteiger partial charge in [0, 0.05) is 44.8 Å². The van der Waals surface area contributed by atoms with Crippen molar-refractivity contribution in [1.29, 1.82) is 21.6 Å². The van der Waals surface area contributed by atoms with Gasteiger partial charge in [0.2, 0.25) is 82.7 Å². The minimum absolute atomic E-state index is 0.0129. The summed E-state index contributed by atoms with van der Waals surface area (Å²) >= 11 is 0.781. The standard InChI is InChI=1S/C75H122N26O16S/c1-9-41(7)58-70(116)94-46(26-18-30-86-73(79)80)61(107)95-51(35-55(104)105)67(113)93-47(27-19-31-87-74(81)82)63(109)98-56(39(3)4)68(114)96-50(34-44-23-15-12-16-24-44)66(112)91-45(25-17-29-85-72(77)78)62(108)97-52(60(106)89-36-53(76)102)37-118-38-54(103)90-49(33-43-21-13-11-14-22-43)65(111)92-48(28-20-32-88-75(83)84)64(110)100-59(42(8)10-2)71(117)99-57(40(5)6)69(115)101-58/h11-16,21-24,39-42,45-52,56-59H,9-10,17-20,25-38H2,1-8H3,(H2,76,102)(H,89,106)(H,90,103)(H,91,112)(H,92,111)(H,93,113)(H,94,116)(H,95,107)(H,96,114)(H,97,108)(H,98,109)(H,99,117)(H,100,110)(H,101,115)(H,104,105)(H4,77,78,85)(H4,79,80,86)(H4,81,82,87)(H4,83,84,88)/t41-,42-,45-,46-,47-,48-,49-,50-,51-,52-,56-,57-,58-,59-/m0/s1. The number of rotatable bonds is 31. The zero-order valence-corrected chi connectivity index (χ0v) is 68.8. The summed E-state index contributed by atoms with van der Waals surface area (Å²) in [6.07, 6.45) is -1.98. The Kier molecular flexibility index (Phi) is 44.5. The number of carboxylic acids is 1. The highest BCUT2D eigenvalue weighted by Gasteiger charge is 2.40. The van der Waals surface area contributed by atoms with E-state index in [4.69, 9.17) is 50.3 Å². The van der Waals surface area contributed by atoms with Crippen molar-refractivity contribution in [1.82, 2.24) is 90.4 Å². The zero-order valence-electron chi connectivity index (χ0n) is 68.0. The molecule has 3 rings (SSSR count). The van der Waals surface area contributed by atoms with Crippen LogP contribution in [0.2, 0.25) is 0 Å². The SMILES string of the molecule is CC[C@H](C)[C@@H]1NC(=O)[C@H](CCCNC(=N)N)NC(=O)[C@H](Cc2ccccc2)NC(=O)CSC[C@@H](C(=O)NCC(N)=O)NC(=O)[C@H](CCCNC(=N)N)NC(=O)[C@H](Cc2ccccc2)NC(=O)[C@H](C(C)C)NC(=O)[C@H](CCCNC(=N)N)NC(=O)[C@H](CC(=O)O)NC(=O)[C@H](CCCNC(=N)N)NC(=O)[C@H]([C@@H](C)CC)NC(=O)[C@H](C(C)C)NC1=O. The molecule has 0 aromatic heterocycles. The van der Waals surface area contributed by atoms with Crippen molar-refractivity contribution in [3.05, 3.63) is 71.8 Å². The number of primary amides is 1. The molecule has 118 heavy (non-hydrogen) atoms. The first kappa shape index (κ1) is 100. The molecule has 0 aliphatic carbocycles. The van der Waals surface area contributed by atoms with Crippen molar-refractivity contribution in [2.75, 3.05) is 44.2 Å². The van der Waals surface area contributed by atoms with Gasteiger partial charge in [-0.3, -0.25) is 93.6 Å². The van der Waals surface area contributed by atoms with Crippen LogP contribution in [0.5, 0.6) is 0 Å². The van der Waals surface area contributed by atoms with Gasteiger partial charge in [-0.25, -0.2) is 0 Å². The Bertz CT molecular complexity index is 3770. The number of carbonyl (C=O) groups excluding carboxylic acids is 14. The van der Waals surface area contributed by atoms with Gasteiger partial charge in [0.05, 0.1) is 18.7 Å². The van der Waals surface area contributed by atoms with E-state index in [1.807, 2.05) is 0 Å². The van der Waals surface area contributed by atoms with Gasteiger partial charge in [-0.15, -0.1) is 11.8 Å². The summed E-state index contributed by atoms with van der Waals surface area (Å²) < 4.78 is 0. The summed E-state index contributed by atoms with van der Waals surface area (Å²) in [6.45, 7) is 12.1. The predicted octanol–water partition coefficient (Wildman–Crippen LogP) is -5.43. The highest BCUT2D eigenvalue weighted by molar-refractivity contribution is 8.00. The first-order valence-electron chi connectivity index (χ1n) is 39.1. The molecule has 1 saturated heterocycles. The molecule has 42 nitrogen and oxygen atoms in total. The molecule has 1 aliphatic rings. The summed E-state index contributed by atoms with van der Waals surface area (Å²) in [7, 11) is 0. The molecule has 14 atom stereocenters. The molecule has 0 unspecified atom stereocenters. The lowest BCUT2D eigenvalue weighted by Gasteiger charge is -2.32. The third kappa shape index (κ3) is 37.7. The summed E-state index contributed by atoms with van der Waals surface area (Å²) in [5, 5.41) is 85.5. The Labute approximate surface area is 690 Å². The molecule has 0 bridgehead atoms. The van der Waals surface area contributed by atoms with E-state index >= 15 is 0 Å². The van der Waals surface area contributed by atoms with E-state index in [0.717, 1.165) is 11.8 Å². The molecule has 1 heterocycles. The molecule has 14 amide bonds. The highest BCUT2D eigenvalue weighted by atomic mass is 32.2. The van der Waals surface area contributed by atoms with Crippen molar-refractivity contribution in [2.45, 2.75) is 211 Å². The van der Waals surface area contributed by atoms with E-state index in [0.29, 0.717) is 11.1 Å². The molecule has 43 heteroatoms. The first-order valence-corrected chi connectivity index (χ1v) is 40.3. The Balaban J connectivity index is 2.41. The normalized spacial score (nSPS) is 23.1. The molecular weight excluding hydrogens is 1550 g/mol. The van der Waals surface area contributed by atoms with Gasteiger partial charge in [0.1, 0.15) is 72.5 Å². The molecule has 0 radical (unpaired) electrons. The highest BCUT2D eigenvalue weighted by Crippen LogP contribution is 2.18. The van der Waals surface area contributed by atoms with Crippen LogP contribution in [-0.2, 0) is 84.8 Å². The monoisotopic (exact) mass is 1670 g/mol. The Morgan fingerprint density at radius 3 is 1.08 bits per heavy atom. The molecule has 654 valence electrons. The van der Waals surface area contributed by atoms with Crippen LogP contribution in [0, 0.1) is 45.3 Å². The molecule has 0 saturated carbocycles. The molecule has 2 aromatic rings. The Morgan fingerprint density at radius 1 is 0.407 bits per heavy atom. The molecule has 0 spiro atoms. The number of nitrogens with two attached hydrogens (primary N) is 5. The minimum atomic E-state index is -2.02. The zero-order chi connectivity index (χ0) is 88.3. The number of nitrogens with one attached hydrogen (secondary N) is 21. The van der Waals surface area contributed by atoms with Crippen LogP contribution in [0.25, 0.3) is 0 Å². The van der Waals surface area contributed by atoms with Crippen LogP contribution < -0.4 is 119 Å². The topological polar surface area (TPSA) is 706 Å². The quantitative estimate of drug-likeness (QED) is 0.0190. The Morgan fingerprint density at radius 2 is 0.703 bits per heavy atom. The molecule has 2 aromatic carbocycles. The summed E-state index contributed by atoms with van der Waals surface area (Å²) in [5.74, 6) is -21.0. The number of aliphatic carboxylic acids is 1.